The number of imide groups is 2. The van der Waals surface area contributed by atoms with Gasteiger partial charge in [0.2, 0.25) is 0 Å². The number of methoxy groups -OCH3 is 1. The number of hydrogen-bond acceptors (Lipinski definition) is 4. The van der Waals surface area contributed by atoms with E-state index in [9.17, 15) is 14.4 Å². The first-order chi connectivity index (χ1) is 10.5. The molecule has 1 aliphatic heterocycles. The van der Waals surface area contributed by atoms with Crippen LogP contribution < -0.4 is 0 Å². The van der Waals surface area contributed by atoms with Crippen LogP contribution in [0.25, 0.3) is 0 Å². The third-order valence-corrected chi connectivity index (χ3v) is 4.34. The van der Waals surface area contributed by atoms with E-state index in [1.807, 2.05) is 6.08 Å². The second-order valence-corrected chi connectivity index (χ2v) is 5.75. The smallest absolute Gasteiger partial charge is 0.333 e. The normalized spacial score (nSPS) is 27.0. The highest BCUT2D eigenvalue weighted by Gasteiger charge is 2.37. The van der Waals surface area contributed by atoms with Gasteiger partial charge in [-0.2, -0.15) is 0 Å². The SMILES string of the molecule is COC1CCC(/C=C/C=C2C(=O)N(C)C(=O)N(C)C2=O)CC1. The van der Waals surface area contributed by atoms with Gasteiger partial charge in [0.05, 0.1) is 6.10 Å². The molecule has 0 atom stereocenters. The summed E-state index contributed by atoms with van der Waals surface area (Å²) in [4.78, 5) is 37.5. The summed E-state index contributed by atoms with van der Waals surface area (Å²) >= 11 is 0. The number of rotatable bonds is 3. The lowest BCUT2D eigenvalue weighted by Crippen LogP contribution is -2.52. The van der Waals surface area contributed by atoms with Crippen molar-refractivity contribution in [3.63, 3.8) is 0 Å². The Morgan fingerprint density at radius 2 is 1.55 bits per heavy atom. The highest BCUT2D eigenvalue weighted by molar-refractivity contribution is 6.28. The summed E-state index contributed by atoms with van der Waals surface area (Å²) in [5.74, 6) is -0.671. The fourth-order valence-electron chi connectivity index (χ4n) is 2.82. The van der Waals surface area contributed by atoms with Gasteiger partial charge >= 0.3 is 6.03 Å². The number of hydrogen-bond donors (Lipinski definition) is 0. The lowest BCUT2D eigenvalue weighted by molar-refractivity contribution is -0.134. The lowest BCUT2D eigenvalue weighted by Gasteiger charge is -2.28. The molecule has 1 saturated heterocycles. The fourth-order valence-corrected chi connectivity index (χ4v) is 2.82. The van der Waals surface area contributed by atoms with Crippen molar-refractivity contribution in [1.82, 2.24) is 9.80 Å². The standard InChI is InChI=1S/C16H22N2O4/c1-17-14(19)13(15(20)18(2)16(17)21)6-4-5-11-7-9-12(22-3)10-8-11/h4-6,11-12H,7-10H2,1-3H3/b5-4+. The van der Waals surface area contributed by atoms with E-state index in [2.05, 4.69) is 0 Å². The number of urea groups is 1. The van der Waals surface area contributed by atoms with Crippen LogP contribution >= 0.6 is 0 Å². The quantitative estimate of drug-likeness (QED) is 0.588. The molecule has 2 rings (SSSR count). The molecule has 1 heterocycles. The molecule has 2 aliphatic rings. The van der Waals surface area contributed by atoms with Crippen molar-refractivity contribution in [2.45, 2.75) is 31.8 Å². The summed E-state index contributed by atoms with van der Waals surface area (Å²) in [6.07, 6.45) is 9.76. The Morgan fingerprint density at radius 3 is 2.05 bits per heavy atom. The van der Waals surface area contributed by atoms with Crippen LogP contribution in [-0.2, 0) is 14.3 Å². The Kier molecular flexibility index (Phi) is 5.13. The number of nitrogens with zero attached hydrogens (tertiary/aromatic N) is 2. The summed E-state index contributed by atoms with van der Waals surface area (Å²) in [5.41, 5.74) is 0.0198. The highest BCUT2D eigenvalue weighted by Crippen LogP contribution is 2.26. The van der Waals surface area contributed by atoms with Crippen LogP contribution in [0, 0.1) is 5.92 Å². The zero-order valence-corrected chi connectivity index (χ0v) is 13.2. The predicted molar refractivity (Wildman–Crippen MR) is 80.9 cm³/mol. The Balaban J connectivity index is 2.03. The monoisotopic (exact) mass is 306 g/mol. The van der Waals surface area contributed by atoms with Gasteiger partial charge in [0.15, 0.2) is 0 Å². The molecule has 4 amide bonds. The van der Waals surface area contributed by atoms with Crippen LogP contribution in [0.1, 0.15) is 25.7 Å². The van der Waals surface area contributed by atoms with E-state index >= 15 is 0 Å². The minimum atomic E-state index is -0.603. The topological polar surface area (TPSA) is 66.9 Å². The summed E-state index contributed by atoms with van der Waals surface area (Å²) in [5, 5.41) is 0. The van der Waals surface area contributed by atoms with Gasteiger partial charge in [-0.3, -0.25) is 19.4 Å². The van der Waals surface area contributed by atoms with Crippen LogP contribution in [0.3, 0.4) is 0 Å². The molecule has 2 fully saturated rings. The number of carbonyl (C=O) groups is 3. The molecule has 0 N–H and O–H groups in total. The van der Waals surface area contributed by atoms with Crippen LogP contribution in [-0.4, -0.2) is 55.0 Å². The number of likely N-dealkylation sites (N-methyl/N-ethyl adjacent to an activating group) is 2. The van der Waals surface area contributed by atoms with Gasteiger partial charge in [-0.25, -0.2) is 4.79 Å². The third-order valence-electron chi connectivity index (χ3n) is 4.34. The van der Waals surface area contributed by atoms with Crippen LogP contribution in [0.2, 0.25) is 0 Å². The maximum absolute atomic E-state index is 12.0. The van der Waals surface area contributed by atoms with E-state index in [1.165, 1.54) is 20.2 Å². The number of allylic oxidation sites excluding steroid dienone is 3. The molecule has 0 aromatic carbocycles. The van der Waals surface area contributed by atoms with Crippen molar-refractivity contribution in [2.24, 2.45) is 5.92 Å². The molecule has 0 radical (unpaired) electrons. The summed E-state index contributed by atoms with van der Waals surface area (Å²) in [7, 11) is 4.48. The third kappa shape index (κ3) is 3.27. The molecule has 22 heavy (non-hydrogen) atoms. The Labute approximate surface area is 130 Å². The van der Waals surface area contributed by atoms with E-state index in [-0.39, 0.29) is 5.57 Å². The van der Waals surface area contributed by atoms with Gasteiger partial charge in [-0.15, -0.1) is 0 Å². The van der Waals surface area contributed by atoms with Crippen molar-refractivity contribution in [2.75, 3.05) is 21.2 Å². The van der Waals surface area contributed by atoms with Gasteiger partial charge in [0.25, 0.3) is 11.8 Å². The van der Waals surface area contributed by atoms with Gasteiger partial charge in [-0.05, 0) is 37.7 Å². The second-order valence-electron chi connectivity index (χ2n) is 5.75. The molecule has 0 spiro atoms. The highest BCUT2D eigenvalue weighted by atomic mass is 16.5. The molecule has 0 bridgehead atoms. The molecule has 120 valence electrons. The van der Waals surface area contributed by atoms with Crippen molar-refractivity contribution >= 4 is 17.8 Å². The first-order valence-electron chi connectivity index (χ1n) is 7.47. The lowest BCUT2D eigenvalue weighted by atomic mass is 9.87. The van der Waals surface area contributed by atoms with E-state index in [0.717, 1.165) is 35.5 Å². The van der Waals surface area contributed by atoms with Crippen LogP contribution in [0.5, 0.6) is 0 Å². The van der Waals surface area contributed by atoms with E-state index < -0.39 is 17.8 Å². The van der Waals surface area contributed by atoms with Crippen molar-refractivity contribution in [1.29, 1.82) is 0 Å². The molecule has 1 aliphatic carbocycles. The number of ether oxygens (including phenoxy) is 1. The molecule has 6 heteroatoms. The average molecular weight is 306 g/mol. The van der Waals surface area contributed by atoms with E-state index in [1.54, 1.807) is 13.2 Å². The molecule has 0 aromatic heterocycles. The van der Waals surface area contributed by atoms with Crippen LogP contribution in [0.4, 0.5) is 4.79 Å². The molecule has 1 saturated carbocycles. The summed E-state index contributed by atoms with van der Waals surface area (Å²) in [6.45, 7) is 0. The Hall–Kier alpha value is -1.95. The fraction of sp³-hybridized carbons (Fsp3) is 0.562. The van der Waals surface area contributed by atoms with E-state index in [0.29, 0.717) is 12.0 Å². The largest absolute Gasteiger partial charge is 0.381 e. The molecular weight excluding hydrogens is 284 g/mol. The van der Waals surface area contributed by atoms with Gasteiger partial charge in [-0.1, -0.05) is 12.2 Å². The Bertz CT molecular complexity index is 504. The van der Waals surface area contributed by atoms with Crippen LogP contribution in [0.15, 0.2) is 23.8 Å². The summed E-state index contributed by atoms with van der Waals surface area (Å²) in [6, 6.07) is -0.603. The van der Waals surface area contributed by atoms with Gasteiger partial charge in [0.1, 0.15) is 5.57 Å². The maximum atomic E-state index is 12.0. The van der Waals surface area contributed by atoms with Gasteiger partial charge < -0.3 is 4.74 Å². The molecular formula is C16H22N2O4. The number of barbiturate groups is 1. The molecule has 0 aromatic rings. The second kappa shape index (κ2) is 6.87. The molecule has 0 unspecified atom stereocenters. The maximum Gasteiger partial charge on any atom is 0.333 e. The van der Waals surface area contributed by atoms with E-state index in [4.69, 9.17) is 4.74 Å². The Morgan fingerprint density at radius 1 is 1.00 bits per heavy atom. The minimum Gasteiger partial charge on any atom is -0.381 e. The zero-order valence-electron chi connectivity index (χ0n) is 13.2. The van der Waals surface area contributed by atoms with Gasteiger partial charge in [0, 0.05) is 21.2 Å². The average Bonchev–Trinajstić information content (AvgIpc) is 2.55. The number of amides is 4. The minimum absolute atomic E-state index is 0.0198. The zero-order chi connectivity index (χ0) is 16.3. The first kappa shape index (κ1) is 16.4. The number of carbonyl (C=O) groups excluding carboxylic acids is 3. The van der Waals surface area contributed by atoms with Crippen molar-refractivity contribution < 1.29 is 19.1 Å². The van der Waals surface area contributed by atoms with Crippen molar-refractivity contribution in [3.8, 4) is 0 Å². The summed E-state index contributed by atoms with van der Waals surface area (Å²) < 4.78 is 5.33. The van der Waals surface area contributed by atoms with Crippen molar-refractivity contribution in [3.05, 3.63) is 23.8 Å². The first-order valence-corrected chi connectivity index (χ1v) is 7.47. The predicted octanol–water partition coefficient (Wildman–Crippen LogP) is 1.72. The molecule has 6 nitrogen and oxygen atoms in total.